The molecular formula is C76H78B2N2O2. The van der Waals surface area contributed by atoms with Crippen molar-refractivity contribution in [3.05, 3.63) is 203 Å². The van der Waals surface area contributed by atoms with E-state index >= 15 is 0 Å². The summed E-state index contributed by atoms with van der Waals surface area (Å²) in [6.07, 6.45) is 0. The zero-order valence-electron chi connectivity index (χ0n) is 51.2. The molecule has 0 amide bonds. The van der Waals surface area contributed by atoms with Crippen molar-refractivity contribution in [1.82, 2.24) is 0 Å². The summed E-state index contributed by atoms with van der Waals surface area (Å²) in [7, 11) is 0. The Morgan fingerprint density at radius 2 is 0.646 bits per heavy atom. The molecule has 9 aromatic rings. The Morgan fingerprint density at radius 1 is 0.329 bits per heavy atom. The molecule has 82 heavy (non-hydrogen) atoms. The first kappa shape index (κ1) is 53.6. The summed E-state index contributed by atoms with van der Waals surface area (Å²) in [5, 5.41) is 0. The number of ether oxygens (including phenoxy) is 2. The molecule has 0 radical (unpaired) electrons. The monoisotopic (exact) mass is 1070 g/mol. The number of anilines is 6. The van der Waals surface area contributed by atoms with Gasteiger partial charge in [-0.2, -0.15) is 0 Å². The summed E-state index contributed by atoms with van der Waals surface area (Å²) in [5.41, 5.74) is 25.7. The van der Waals surface area contributed by atoms with E-state index in [2.05, 4.69) is 290 Å². The van der Waals surface area contributed by atoms with Gasteiger partial charge in [0.15, 0.2) is 0 Å². The van der Waals surface area contributed by atoms with Gasteiger partial charge in [0.2, 0.25) is 0 Å². The Bertz CT molecular complexity index is 3750. The molecule has 4 heterocycles. The first-order valence-electron chi connectivity index (χ1n) is 30.0. The van der Waals surface area contributed by atoms with Crippen LogP contribution in [-0.2, 0) is 21.7 Å². The lowest BCUT2D eigenvalue weighted by atomic mass is 9.31. The van der Waals surface area contributed by atoms with Gasteiger partial charge in [0.25, 0.3) is 13.4 Å². The first-order chi connectivity index (χ1) is 38.8. The Hall–Kier alpha value is -7.69. The van der Waals surface area contributed by atoms with E-state index in [-0.39, 0.29) is 35.1 Å². The topological polar surface area (TPSA) is 24.9 Å². The van der Waals surface area contributed by atoms with E-state index in [1.807, 2.05) is 0 Å². The summed E-state index contributed by atoms with van der Waals surface area (Å²) in [4.78, 5) is 5.05. The molecule has 4 aliphatic rings. The number of hydrogen-bond acceptors (Lipinski definition) is 4. The largest absolute Gasteiger partial charge is 0.456 e. The van der Waals surface area contributed by atoms with Crippen LogP contribution in [0.3, 0.4) is 0 Å². The molecule has 0 fully saturated rings. The van der Waals surface area contributed by atoms with Crippen LogP contribution < -0.4 is 52.1 Å². The smallest absolute Gasteiger partial charge is 0.256 e. The van der Waals surface area contributed by atoms with Crippen molar-refractivity contribution in [3.8, 4) is 45.3 Å². The molecule has 6 heteroatoms. The van der Waals surface area contributed by atoms with Crippen LogP contribution in [0, 0.1) is 0 Å². The summed E-state index contributed by atoms with van der Waals surface area (Å²) < 4.78 is 15.8. The fourth-order valence-corrected chi connectivity index (χ4v) is 13.2. The van der Waals surface area contributed by atoms with Gasteiger partial charge in [-0.1, -0.05) is 232 Å². The van der Waals surface area contributed by atoms with Crippen molar-refractivity contribution in [3.63, 3.8) is 0 Å². The van der Waals surface area contributed by atoms with Crippen molar-refractivity contribution in [1.29, 1.82) is 0 Å². The predicted octanol–water partition coefficient (Wildman–Crippen LogP) is 17.3. The van der Waals surface area contributed by atoms with E-state index in [9.17, 15) is 0 Å². The molecule has 0 aliphatic carbocycles. The summed E-state index contributed by atoms with van der Waals surface area (Å²) >= 11 is 0. The van der Waals surface area contributed by atoms with Crippen LogP contribution in [0.15, 0.2) is 170 Å². The van der Waals surface area contributed by atoms with Crippen molar-refractivity contribution in [2.75, 3.05) is 9.80 Å². The summed E-state index contributed by atoms with van der Waals surface area (Å²) in [6.45, 7) is 36.4. The lowest BCUT2D eigenvalue weighted by molar-refractivity contribution is 0.477. The van der Waals surface area contributed by atoms with Gasteiger partial charge in [0.1, 0.15) is 23.0 Å². The first-order valence-corrected chi connectivity index (χ1v) is 30.0. The highest BCUT2D eigenvalue weighted by Gasteiger charge is 2.52. The molecule has 0 unspecified atom stereocenters. The molecule has 0 aromatic heterocycles. The fourth-order valence-electron chi connectivity index (χ4n) is 13.2. The fraction of sp³-hybridized carbons (Fsp3) is 0.289. The van der Waals surface area contributed by atoms with Gasteiger partial charge in [0.05, 0.1) is 11.4 Å². The Labute approximate surface area is 489 Å². The average molecular weight is 1070 g/mol. The third-order valence-electron chi connectivity index (χ3n) is 18.2. The minimum Gasteiger partial charge on any atom is -0.456 e. The molecule has 0 atom stereocenters. The molecule has 4 nitrogen and oxygen atoms in total. The van der Waals surface area contributed by atoms with Crippen molar-refractivity contribution in [2.45, 2.75) is 144 Å². The van der Waals surface area contributed by atoms with Crippen molar-refractivity contribution >= 4 is 80.3 Å². The standard InChI is InChI=1S/C76H78B2N2O2/c1-45(2)47-17-21-49(22-18-47)51-25-39-65-61(41-51)77-59-43-55(75(11,12)13)31-37-63(59)79(57-33-27-53(28-34-57)73(5,6)7)69-67(77)71(81-65)70-68-72(69)82-66-40-26-52(50-23-19-48(20-24-50)46(3)4)42-62(66)78(68)60-44-56(76(14,15)16)32-38-64(60)80(70)58-35-29-54(30-36-58)74(8,9)10/h17-46H,1-16H3. The Balaban J connectivity index is 1.17. The second kappa shape index (κ2) is 18.9. The van der Waals surface area contributed by atoms with Crippen LogP contribution >= 0.6 is 0 Å². The normalized spacial score (nSPS) is 14.2. The zero-order chi connectivity index (χ0) is 57.7. The van der Waals surface area contributed by atoms with E-state index < -0.39 is 0 Å². The quantitative estimate of drug-likeness (QED) is 0.155. The molecule has 9 aromatic carbocycles. The van der Waals surface area contributed by atoms with E-state index in [0.717, 1.165) is 79.0 Å². The number of fused-ring (bicyclic) bond motifs is 10. The van der Waals surface area contributed by atoms with Gasteiger partial charge >= 0.3 is 0 Å². The SMILES string of the molecule is CC(C)c1ccc(-c2ccc3c(c2)B2c4cc(C(C)(C)C)ccc4N(c4ccc(C(C)(C)C)cc4)c4c5c6c(c(c42)O3)N(c2ccc(C(C)(C)C)cc2)c2ccc(C(C)(C)C)cc2B6c2cc(-c3ccc(C(C)C)cc3)ccc2O5)cc1. The maximum Gasteiger partial charge on any atom is 0.256 e. The molecule has 410 valence electrons. The zero-order valence-corrected chi connectivity index (χ0v) is 51.2. The lowest BCUT2D eigenvalue weighted by Crippen LogP contribution is -2.64. The highest BCUT2D eigenvalue weighted by atomic mass is 16.5. The number of rotatable bonds is 6. The Kier molecular flexibility index (Phi) is 12.4. The number of nitrogens with zero attached hydrogens (tertiary/aromatic N) is 2. The lowest BCUT2D eigenvalue weighted by Gasteiger charge is -2.47. The third kappa shape index (κ3) is 8.81. The minimum atomic E-state index is -0.220. The second-order valence-corrected chi connectivity index (χ2v) is 28.6. The third-order valence-corrected chi connectivity index (χ3v) is 18.2. The predicted molar refractivity (Wildman–Crippen MR) is 352 cm³/mol. The van der Waals surface area contributed by atoms with Gasteiger partial charge in [-0.15, -0.1) is 0 Å². The Morgan fingerprint density at radius 3 is 0.963 bits per heavy atom. The molecule has 0 bridgehead atoms. The van der Waals surface area contributed by atoms with Crippen LogP contribution in [0.2, 0.25) is 0 Å². The molecule has 0 saturated carbocycles. The molecule has 4 aliphatic heterocycles. The summed E-state index contributed by atoms with van der Waals surface area (Å²) in [5.74, 6) is 4.36. The maximum atomic E-state index is 7.91. The number of benzene rings is 9. The van der Waals surface area contributed by atoms with Gasteiger partial charge in [-0.25, -0.2) is 0 Å². The van der Waals surface area contributed by atoms with E-state index in [1.54, 1.807) is 0 Å². The van der Waals surface area contributed by atoms with Gasteiger partial charge in [-0.05, 0) is 160 Å². The minimum absolute atomic E-state index is 0.0322. The van der Waals surface area contributed by atoms with Crippen LogP contribution in [-0.4, -0.2) is 13.4 Å². The van der Waals surface area contributed by atoms with Gasteiger partial charge < -0.3 is 19.3 Å². The van der Waals surface area contributed by atoms with Crippen molar-refractivity contribution < 1.29 is 9.47 Å². The molecule has 0 spiro atoms. The van der Waals surface area contributed by atoms with E-state index in [1.165, 1.54) is 66.6 Å². The average Bonchev–Trinajstić information content (AvgIpc) is 2.21. The van der Waals surface area contributed by atoms with Crippen LogP contribution in [0.4, 0.5) is 34.1 Å². The van der Waals surface area contributed by atoms with E-state index in [4.69, 9.17) is 9.47 Å². The van der Waals surface area contributed by atoms with Gasteiger partial charge in [-0.3, -0.25) is 0 Å². The second-order valence-electron chi connectivity index (χ2n) is 28.6. The van der Waals surface area contributed by atoms with Crippen molar-refractivity contribution in [2.24, 2.45) is 0 Å². The molecule has 13 rings (SSSR count). The highest BCUT2D eigenvalue weighted by molar-refractivity contribution is 7.02. The highest BCUT2D eigenvalue weighted by Crippen LogP contribution is 2.55. The molecule has 0 N–H and O–H groups in total. The van der Waals surface area contributed by atoms with Crippen LogP contribution in [0.5, 0.6) is 23.0 Å². The van der Waals surface area contributed by atoms with Gasteiger partial charge in [0, 0.05) is 33.7 Å². The van der Waals surface area contributed by atoms with Crippen LogP contribution in [0.25, 0.3) is 22.3 Å². The summed E-state index contributed by atoms with van der Waals surface area (Å²) in [6, 6.07) is 65.3. The molecular weight excluding hydrogens is 994 g/mol. The van der Waals surface area contributed by atoms with Crippen LogP contribution in [0.1, 0.15) is 156 Å². The maximum absolute atomic E-state index is 7.91. The number of hydrogen-bond donors (Lipinski definition) is 0. The molecule has 0 saturated heterocycles. The van der Waals surface area contributed by atoms with E-state index in [0.29, 0.717) is 11.8 Å².